The van der Waals surface area contributed by atoms with Crippen molar-refractivity contribution in [2.75, 3.05) is 13.7 Å². The molecule has 1 aliphatic heterocycles. The molecule has 4 rings (SSSR count). The lowest BCUT2D eigenvalue weighted by Gasteiger charge is -2.22. The summed E-state index contributed by atoms with van der Waals surface area (Å²) in [7, 11) is 1.62. The highest BCUT2D eigenvalue weighted by molar-refractivity contribution is 5.80. The van der Waals surface area contributed by atoms with Crippen LogP contribution >= 0.6 is 0 Å². The Kier molecular flexibility index (Phi) is 4.87. The molecule has 0 N–H and O–H groups in total. The number of carbonyl (C=O) groups excluding carboxylic acids is 1. The van der Waals surface area contributed by atoms with Gasteiger partial charge in [-0.2, -0.15) is 4.98 Å². The first-order valence-corrected chi connectivity index (χ1v) is 9.06. The number of nitrogens with zero attached hydrogens (tertiary/aromatic N) is 3. The molecule has 2 aromatic carbocycles. The van der Waals surface area contributed by atoms with Gasteiger partial charge in [-0.3, -0.25) is 4.79 Å². The van der Waals surface area contributed by atoms with Gasteiger partial charge >= 0.3 is 0 Å². The molecule has 1 fully saturated rings. The van der Waals surface area contributed by atoms with Gasteiger partial charge in [0.05, 0.1) is 13.5 Å². The number of amides is 1. The minimum atomic E-state index is -0.169. The van der Waals surface area contributed by atoms with E-state index in [1.807, 2.05) is 59.5 Å². The van der Waals surface area contributed by atoms with E-state index in [0.29, 0.717) is 24.7 Å². The number of methoxy groups -OCH3 is 1. The van der Waals surface area contributed by atoms with Crippen LogP contribution in [0.3, 0.4) is 0 Å². The molecule has 0 saturated carbocycles. The second-order valence-corrected chi connectivity index (χ2v) is 6.56. The summed E-state index contributed by atoms with van der Waals surface area (Å²) in [6, 6.07) is 17.1. The van der Waals surface area contributed by atoms with E-state index in [1.54, 1.807) is 7.11 Å². The molecule has 0 bridgehead atoms. The molecule has 0 aliphatic carbocycles. The summed E-state index contributed by atoms with van der Waals surface area (Å²) in [4.78, 5) is 19.3. The highest BCUT2D eigenvalue weighted by Gasteiger charge is 2.34. The minimum absolute atomic E-state index is 0.0430. The Morgan fingerprint density at radius 2 is 1.96 bits per heavy atom. The van der Waals surface area contributed by atoms with Gasteiger partial charge in [-0.1, -0.05) is 53.7 Å². The summed E-state index contributed by atoms with van der Waals surface area (Å²) in [6.45, 7) is 0.696. The molecule has 1 aliphatic rings. The fourth-order valence-electron chi connectivity index (χ4n) is 3.51. The van der Waals surface area contributed by atoms with Crippen LogP contribution in [-0.2, 0) is 11.2 Å². The maximum atomic E-state index is 12.9. The number of rotatable bonds is 5. The fourth-order valence-corrected chi connectivity index (χ4v) is 3.51. The van der Waals surface area contributed by atoms with Gasteiger partial charge in [0.15, 0.2) is 0 Å². The molecule has 6 nitrogen and oxygen atoms in total. The molecule has 1 atom stereocenters. The average molecular weight is 363 g/mol. The van der Waals surface area contributed by atoms with Crippen molar-refractivity contribution in [1.82, 2.24) is 15.0 Å². The first-order valence-electron chi connectivity index (χ1n) is 9.06. The third-order valence-electron chi connectivity index (χ3n) is 4.87. The van der Waals surface area contributed by atoms with E-state index >= 15 is 0 Å². The number of aromatic nitrogens is 2. The highest BCUT2D eigenvalue weighted by Crippen LogP contribution is 2.33. The molecule has 3 aromatic rings. The van der Waals surface area contributed by atoms with Gasteiger partial charge in [-0.05, 0) is 18.9 Å². The molecule has 1 aromatic heterocycles. The average Bonchev–Trinajstić information content (AvgIpc) is 3.38. The lowest BCUT2D eigenvalue weighted by Crippen LogP contribution is -2.32. The first kappa shape index (κ1) is 17.3. The second kappa shape index (κ2) is 7.61. The summed E-state index contributed by atoms with van der Waals surface area (Å²) in [5, 5.41) is 4.09. The van der Waals surface area contributed by atoms with Crippen LogP contribution in [0.4, 0.5) is 0 Å². The number of hydrogen-bond donors (Lipinski definition) is 0. The first-order chi connectivity index (χ1) is 13.3. The molecule has 1 amide bonds. The molecule has 1 saturated heterocycles. The van der Waals surface area contributed by atoms with Crippen LogP contribution in [0.15, 0.2) is 59.1 Å². The topological polar surface area (TPSA) is 68.5 Å². The zero-order chi connectivity index (χ0) is 18.6. The molecule has 0 spiro atoms. The van der Waals surface area contributed by atoms with E-state index in [9.17, 15) is 4.79 Å². The predicted molar refractivity (Wildman–Crippen MR) is 100 cm³/mol. The molecule has 0 unspecified atom stereocenters. The normalized spacial score (nSPS) is 16.5. The minimum Gasteiger partial charge on any atom is -0.496 e. The molecule has 27 heavy (non-hydrogen) atoms. The van der Waals surface area contributed by atoms with Crippen molar-refractivity contribution in [3.63, 3.8) is 0 Å². The van der Waals surface area contributed by atoms with E-state index in [4.69, 9.17) is 9.26 Å². The maximum absolute atomic E-state index is 12.9. The third-order valence-corrected chi connectivity index (χ3v) is 4.87. The van der Waals surface area contributed by atoms with Crippen molar-refractivity contribution in [3.05, 3.63) is 66.1 Å². The summed E-state index contributed by atoms with van der Waals surface area (Å²) < 4.78 is 10.9. The quantitative estimate of drug-likeness (QED) is 0.692. The van der Waals surface area contributed by atoms with Gasteiger partial charge in [0.2, 0.25) is 17.6 Å². The van der Waals surface area contributed by atoms with Crippen molar-refractivity contribution in [3.8, 4) is 17.1 Å². The predicted octanol–water partition coefficient (Wildman–Crippen LogP) is 3.65. The van der Waals surface area contributed by atoms with Gasteiger partial charge in [0, 0.05) is 17.7 Å². The Morgan fingerprint density at radius 3 is 2.78 bits per heavy atom. The largest absolute Gasteiger partial charge is 0.496 e. The Morgan fingerprint density at radius 1 is 1.19 bits per heavy atom. The van der Waals surface area contributed by atoms with Crippen molar-refractivity contribution in [2.24, 2.45) is 0 Å². The van der Waals surface area contributed by atoms with Crippen molar-refractivity contribution in [2.45, 2.75) is 25.3 Å². The van der Waals surface area contributed by atoms with Crippen LogP contribution in [0.2, 0.25) is 0 Å². The van der Waals surface area contributed by atoms with Crippen molar-refractivity contribution < 1.29 is 14.1 Å². The Labute approximate surface area is 157 Å². The van der Waals surface area contributed by atoms with Gasteiger partial charge in [-0.25, -0.2) is 0 Å². The molecular weight excluding hydrogens is 342 g/mol. The lowest BCUT2D eigenvalue weighted by molar-refractivity contribution is -0.131. The van der Waals surface area contributed by atoms with Gasteiger partial charge in [-0.15, -0.1) is 0 Å². The number of hydrogen-bond acceptors (Lipinski definition) is 5. The SMILES string of the molecule is COc1ccccc1CC(=O)N1CCC[C@@H]1c1nc(-c2ccccc2)no1. The third kappa shape index (κ3) is 3.56. The van der Waals surface area contributed by atoms with Crippen LogP contribution in [-0.4, -0.2) is 34.6 Å². The number of ether oxygens (including phenoxy) is 1. The molecular formula is C21H21N3O3. The van der Waals surface area contributed by atoms with Crippen LogP contribution in [0.25, 0.3) is 11.4 Å². The Balaban J connectivity index is 1.52. The molecule has 0 radical (unpaired) electrons. The zero-order valence-electron chi connectivity index (χ0n) is 15.2. The second-order valence-electron chi connectivity index (χ2n) is 6.56. The number of likely N-dealkylation sites (tertiary alicyclic amines) is 1. The van der Waals surface area contributed by atoms with Crippen molar-refractivity contribution >= 4 is 5.91 Å². The van der Waals surface area contributed by atoms with Crippen molar-refractivity contribution in [1.29, 1.82) is 0 Å². The number of para-hydroxylation sites is 1. The van der Waals surface area contributed by atoms with Gasteiger partial charge in [0.1, 0.15) is 11.8 Å². The van der Waals surface area contributed by atoms with Crippen LogP contribution in [0.1, 0.15) is 30.3 Å². The summed E-state index contributed by atoms with van der Waals surface area (Å²) in [6.07, 6.45) is 2.04. The smallest absolute Gasteiger partial charge is 0.249 e. The van der Waals surface area contributed by atoms with E-state index < -0.39 is 0 Å². The van der Waals surface area contributed by atoms with Crippen LogP contribution < -0.4 is 4.74 Å². The maximum Gasteiger partial charge on any atom is 0.249 e. The van der Waals surface area contributed by atoms with E-state index in [2.05, 4.69) is 10.1 Å². The van der Waals surface area contributed by atoms with Gasteiger partial charge in [0.25, 0.3) is 0 Å². The highest BCUT2D eigenvalue weighted by atomic mass is 16.5. The summed E-state index contributed by atoms with van der Waals surface area (Å²) >= 11 is 0. The fraction of sp³-hybridized carbons (Fsp3) is 0.286. The van der Waals surface area contributed by atoms with Crippen LogP contribution in [0, 0.1) is 0 Å². The van der Waals surface area contributed by atoms with E-state index in [1.165, 1.54) is 0 Å². The summed E-state index contributed by atoms with van der Waals surface area (Å²) in [5.74, 6) is 1.82. The number of carbonyl (C=O) groups is 1. The molecule has 6 heteroatoms. The Bertz CT molecular complexity index is 923. The standard InChI is InChI=1S/C21H21N3O3/c1-26-18-12-6-5-10-16(18)14-19(25)24-13-7-11-17(24)21-22-20(23-27-21)15-8-3-2-4-9-15/h2-6,8-10,12,17H,7,11,13-14H2,1H3/t17-/m1/s1. The van der Waals surface area contributed by atoms with E-state index in [0.717, 1.165) is 29.7 Å². The van der Waals surface area contributed by atoms with Crippen LogP contribution in [0.5, 0.6) is 5.75 Å². The Hall–Kier alpha value is -3.15. The zero-order valence-corrected chi connectivity index (χ0v) is 15.2. The molecule has 138 valence electrons. The van der Waals surface area contributed by atoms with Gasteiger partial charge < -0.3 is 14.2 Å². The van der Waals surface area contributed by atoms with E-state index in [-0.39, 0.29) is 11.9 Å². The summed E-state index contributed by atoms with van der Waals surface area (Å²) in [5.41, 5.74) is 1.78. The molecule has 2 heterocycles. The lowest BCUT2D eigenvalue weighted by atomic mass is 10.1. The monoisotopic (exact) mass is 363 g/mol. The number of benzene rings is 2.